The van der Waals surface area contributed by atoms with Crippen LogP contribution in [0.1, 0.15) is 40.0 Å². The minimum atomic E-state index is -0.563. The summed E-state index contributed by atoms with van der Waals surface area (Å²) in [5.74, 6) is -0.808. The highest BCUT2D eigenvalue weighted by atomic mass is 19.1. The van der Waals surface area contributed by atoms with Crippen LogP contribution in [0.2, 0.25) is 0 Å². The van der Waals surface area contributed by atoms with Gasteiger partial charge in [-0.15, -0.1) is 0 Å². The molecule has 4 atom stereocenters. The minimum absolute atomic E-state index is 0.0421. The quantitative estimate of drug-likeness (QED) is 0.426. The molecule has 7 heteroatoms. The third-order valence-electron chi connectivity index (χ3n) is 7.05. The van der Waals surface area contributed by atoms with Crippen LogP contribution in [0, 0.1) is 23.6 Å². The lowest BCUT2D eigenvalue weighted by Crippen LogP contribution is -2.65. The number of imide groups is 1. The van der Waals surface area contributed by atoms with Crippen molar-refractivity contribution in [2.75, 3.05) is 14.2 Å². The Morgan fingerprint density at radius 3 is 2.45 bits per heavy atom. The second-order valence-electron chi connectivity index (χ2n) is 8.46. The van der Waals surface area contributed by atoms with Crippen LogP contribution >= 0.6 is 0 Å². The molecule has 160 valence electrons. The number of hydrogen-bond acceptors (Lipinski definition) is 5. The average Bonchev–Trinajstić information content (AvgIpc) is 3.37. The predicted octanol–water partition coefficient (Wildman–Crippen LogP) is 3.69. The van der Waals surface area contributed by atoms with Gasteiger partial charge < -0.3 is 9.47 Å². The summed E-state index contributed by atoms with van der Waals surface area (Å²) >= 11 is 0. The van der Waals surface area contributed by atoms with Gasteiger partial charge in [-0.05, 0) is 54.9 Å². The number of nitrogens with zero attached hydrogens (tertiary/aromatic N) is 1. The first-order chi connectivity index (χ1) is 14.9. The van der Waals surface area contributed by atoms with E-state index >= 15 is 0 Å². The van der Waals surface area contributed by atoms with Gasteiger partial charge >= 0.3 is 5.97 Å². The van der Waals surface area contributed by atoms with E-state index < -0.39 is 17.7 Å². The lowest BCUT2D eigenvalue weighted by Gasteiger charge is -2.48. The summed E-state index contributed by atoms with van der Waals surface area (Å²) in [7, 11) is 2.66. The van der Waals surface area contributed by atoms with Gasteiger partial charge in [0.2, 0.25) is 5.91 Å². The van der Waals surface area contributed by atoms with Crippen LogP contribution in [0.5, 0.6) is 5.75 Å². The Morgan fingerprint density at radius 1 is 1.06 bits per heavy atom. The number of benzene rings is 2. The third-order valence-corrected chi connectivity index (χ3v) is 7.05. The van der Waals surface area contributed by atoms with Gasteiger partial charge in [-0.1, -0.05) is 12.1 Å². The number of ether oxygens (including phenoxy) is 2. The highest BCUT2D eigenvalue weighted by Crippen LogP contribution is 2.56. The van der Waals surface area contributed by atoms with E-state index in [9.17, 15) is 18.8 Å². The van der Waals surface area contributed by atoms with Gasteiger partial charge in [0.05, 0.1) is 37.3 Å². The molecule has 2 amide bonds. The first-order valence-corrected chi connectivity index (χ1v) is 10.4. The summed E-state index contributed by atoms with van der Waals surface area (Å²) in [4.78, 5) is 39.1. The van der Waals surface area contributed by atoms with Crippen molar-refractivity contribution >= 4 is 17.8 Å². The number of likely N-dealkylation sites (tertiary alicyclic amines) is 1. The van der Waals surface area contributed by atoms with Gasteiger partial charge in [0.1, 0.15) is 11.6 Å². The predicted molar refractivity (Wildman–Crippen MR) is 109 cm³/mol. The molecule has 0 spiro atoms. The van der Waals surface area contributed by atoms with E-state index in [1.165, 1.54) is 43.4 Å². The zero-order valence-corrected chi connectivity index (χ0v) is 17.3. The molecule has 1 heterocycles. The van der Waals surface area contributed by atoms with E-state index in [1.807, 2.05) is 0 Å². The maximum atomic E-state index is 14.8. The number of methoxy groups -OCH3 is 2. The van der Waals surface area contributed by atoms with Gasteiger partial charge in [0.25, 0.3) is 5.91 Å². The molecule has 31 heavy (non-hydrogen) atoms. The van der Waals surface area contributed by atoms with Crippen molar-refractivity contribution in [2.45, 2.75) is 25.3 Å². The first kappa shape index (κ1) is 19.7. The third kappa shape index (κ3) is 2.86. The van der Waals surface area contributed by atoms with Crippen LogP contribution < -0.4 is 4.74 Å². The monoisotopic (exact) mass is 423 g/mol. The van der Waals surface area contributed by atoms with Gasteiger partial charge in [-0.25, -0.2) is 9.18 Å². The van der Waals surface area contributed by atoms with Gasteiger partial charge in [0.15, 0.2) is 0 Å². The molecular weight excluding hydrogens is 401 g/mol. The van der Waals surface area contributed by atoms with Crippen molar-refractivity contribution in [1.29, 1.82) is 0 Å². The maximum absolute atomic E-state index is 14.8. The molecule has 3 aliphatic rings. The second kappa shape index (κ2) is 7.18. The molecule has 2 bridgehead atoms. The van der Waals surface area contributed by atoms with E-state index in [-0.39, 0.29) is 34.7 Å². The molecule has 0 unspecified atom stereocenters. The molecule has 3 fully saturated rings. The summed E-state index contributed by atoms with van der Waals surface area (Å²) in [6, 6.07) is 8.79. The molecule has 1 saturated heterocycles. The fourth-order valence-corrected chi connectivity index (χ4v) is 5.59. The Balaban J connectivity index is 1.50. The van der Waals surface area contributed by atoms with Crippen molar-refractivity contribution in [2.24, 2.45) is 17.8 Å². The Kier molecular flexibility index (Phi) is 4.57. The lowest BCUT2D eigenvalue weighted by atomic mass is 9.75. The summed E-state index contributed by atoms with van der Waals surface area (Å²) in [6.07, 6.45) is 3.11. The van der Waals surface area contributed by atoms with Crippen molar-refractivity contribution < 1.29 is 28.2 Å². The molecule has 2 aromatic rings. The zero-order valence-electron chi connectivity index (χ0n) is 17.3. The highest BCUT2D eigenvalue weighted by molar-refractivity contribution is 6.11. The number of rotatable bonds is 4. The SMILES string of the molecule is COC(=O)c1ccc(-c2cc(C(=O)N3C(=O)[C@H]4[C@@H]5CC[C@@H](C5)[C@H]43)c(OC)cc2F)cc1. The molecule has 0 radical (unpaired) electrons. The number of carbonyl (C=O) groups excluding carboxylic acids is 3. The van der Waals surface area contributed by atoms with Crippen LogP contribution in [0.15, 0.2) is 36.4 Å². The second-order valence-corrected chi connectivity index (χ2v) is 8.46. The van der Waals surface area contributed by atoms with Crippen molar-refractivity contribution in [1.82, 2.24) is 4.90 Å². The van der Waals surface area contributed by atoms with Crippen molar-refractivity contribution in [3.63, 3.8) is 0 Å². The van der Waals surface area contributed by atoms with E-state index in [0.29, 0.717) is 23.0 Å². The molecule has 2 aromatic carbocycles. The van der Waals surface area contributed by atoms with Crippen molar-refractivity contribution in [3.05, 3.63) is 53.3 Å². The van der Waals surface area contributed by atoms with E-state index in [0.717, 1.165) is 19.3 Å². The smallest absolute Gasteiger partial charge is 0.337 e. The van der Waals surface area contributed by atoms with E-state index in [1.54, 1.807) is 12.1 Å². The van der Waals surface area contributed by atoms with Gasteiger partial charge in [0, 0.05) is 11.6 Å². The number of hydrogen-bond donors (Lipinski definition) is 0. The fraction of sp³-hybridized carbons (Fsp3) is 0.375. The molecule has 6 nitrogen and oxygen atoms in total. The molecule has 1 aliphatic heterocycles. The maximum Gasteiger partial charge on any atom is 0.337 e. The van der Waals surface area contributed by atoms with Crippen molar-refractivity contribution in [3.8, 4) is 16.9 Å². The Hall–Kier alpha value is -3.22. The first-order valence-electron chi connectivity index (χ1n) is 10.4. The molecule has 2 aliphatic carbocycles. The Morgan fingerprint density at radius 2 is 1.77 bits per heavy atom. The average molecular weight is 423 g/mol. The normalized spacial score (nSPS) is 25.8. The number of carbonyl (C=O) groups is 3. The van der Waals surface area contributed by atoms with Gasteiger partial charge in [-0.3, -0.25) is 14.5 Å². The van der Waals surface area contributed by atoms with Crippen LogP contribution in [0.25, 0.3) is 11.1 Å². The van der Waals surface area contributed by atoms with Gasteiger partial charge in [-0.2, -0.15) is 0 Å². The molecular formula is C24H22FNO5. The number of fused-ring (bicyclic) bond motifs is 5. The number of esters is 1. The lowest BCUT2D eigenvalue weighted by molar-refractivity contribution is -0.154. The number of halogens is 1. The summed E-state index contributed by atoms with van der Waals surface area (Å²) in [5, 5.41) is 0. The van der Waals surface area contributed by atoms with E-state index in [2.05, 4.69) is 4.74 Å². The summed E-state index contributed by atoms with van der Waals surface area (Å²) in [5.41, 5.74) is 1.18. The summed E-state index contributed by atoms with van der Waals surface area (Å²) in [6.45, 7) is 0. The Labute approximate surface area is 178 Å². The fourth-order valence-electron chi connectivity index (χ4n) is 5.59. The molecule has 0 aromatic heterocycles. The number of amides is 2. The molecule has 0 N–H and O–H groups in total. The zero-order chi connectivity index (χ0) is 21.9. The number of β-lactam (4-membered cyclic amide) rings is 1. The summed E-state index contributed by atoms with van der Waals surface area (Å²) < 4.78 is 24.8. The van der Waals surface area contributed by atoms with Crippen LogP contribution in [0.4, 0.5) is 4.39 Å². The molecule has 2 saturated carbocycles. The Bertz CT molecular complexity index is 1100. The van der Waals surface area contributed by atoms with Crippen LogP contribution in [-0.4, -0.2) is 42.9 Å². The van der Waals surface area contributed by atoms with Crippen LogP contribution in [-0.2, 0) is 9.53 Å². The van der Waals surface area contributed by atoms with E-state index in [4.69, 9.17) is 4.74 Å². The van der Waals surface area contributed by atoms with Crippen LogP contribution in [0.3, 0.4) is 0 Å². The largest absolute Gasteiger partial charge is 0.496 e. The highest BCUT2D eigenvalue weighted by Gasteiger charge is 2.63. The molecule has 5 rings (SSSR count). The minimum Gasteiger partial charge on any atom is -0.496 e. The standard InChI is InChI=1S/C24H22FNO5/c1-30-19-11-18(25)16(12-3-5-13(6-4-12)24(29)31-2)10-17(19)22(27)26-21-15-8-7-14(9-15)20(21)23(26)28/h3-6,10-11,14-15,20-21H,7-9H2,1-2H3/t14-,15+,20+,21-/m1/s1. The topological polar surface area (TPSA) is 72.9 Å².